The van der Waals surface area contributed by atoms with Gasteiger partial charge in [0.1, 0.15) is 0 Å². The number of hydrogen-bond acceptors (Lipinski definition) is 2. The van der Waals surface area contributed by atoms with Gasteiger partial charge in [-0.1, -0.05) is 56.3 Å². The fourth-order valence-electron chi connectivity index (χ4n) is 3.41. The van der Waals surface area contributed by atoms with E-state index < -0.39 is 0 Å². The summed E-state index contributed by atoms with van der Waals surface area (Å²) in [6.45, 7) is 6.37. The van der Waals surface area contributed by atoms with Crippen LogP contribution in [-0.2, 0) is 16.1 Å². The van der Waals surface area contributed by atoms with Crippen LogP contribution >= 0.6 is 0 Å². The van der Waals surface area contributed by atoms with E-state index in [1.165, 1.54) is 10.8 Å². The van der Waals surface area contributed by atoms with Crippen LogP contribution in [0, 0.1) is 0 Å². The summed E-state index contributed by atoms with van der Waals surface area (Å²) in [5, 5.41) is 2.37. The lowest BCUT2D eigenvalue weighted by Crippen LogP contribution is -2.32. The van der Waals surface area contributed by atoms with Crippen molar-refractivity contribution in [3.63, 3.8) is 0 Å². The monoisotopic (exact) mass is 368 g/mol. The molecule has 0 N–H and O–H groups in total. The van der Waals surface area contributed by atoms with Crippen molar-refractivity contribution >= 4 is 22.6 Å². The Morgan fingerprint density at radius 2 is 1.48 bits per heavy atom. The van der Waals surface area contributed by atoms with Gasteiger partial charge in [0.05, 0.1) is 0 Å². The first-order valence-electron chi connectivity index (χ1n) is 10.0. The number of carbonyl (C=O) groups is 2. The zero-order chi connectivity index (χ0) is 19.6. The van der Waals surface area contributed by atoms with E-state index in [9.17, 15) is 9.59 Å². The summed E-state index contributed by atoms with van der Waals surface area (Å²) < 4.78 is 0. The minimum atomic E-state index is 0.0910. The van der Waals surface area contributed by atoms with Crippen LogP contribution in [0.4, 0.5) is 0 Å². The van der Waals surface area contributed by atoms with E-state index in [4.69, 9.17) is 0 Å². The lowest BCUT2D eigenvalue weighted by molar-refractivity contribution is -0.132. The Morgan fingerprint density at radius 1 is 0.852 bits per heavy atom. The van der Waals surface area contributed by atoms with Crippen molar-refractivity contribution in [1.82, 2.24) is 9.80 Å². The number of rotatable bonds is 10. The molecule has 0 aliphatic rings. The molecule has 0 aliphatic heterocycles. The third-order valence-corrected chi connectivity index (χ3v) is 4.83. The number of benzene rings is 2. The third-order valence-electron chi connectivity index (χ3n) is 4.83. The Morgan fingerprint density at radius 3 is 2.19 bits per heavy atom. The van der Waals surface area contributed by atoms with Crippen molar-refractivity contribution in [2.75, 3.05) is 20.1 Å². The molecule has 27 heavy (non-hydrogen) atoms. The summed E-state index contributed by atoms with van der Waals surface area (Å²) in [5.74, 6) is 0.261. The van der Waals surface area contributed by atoms with Crippen molar-refractivity contribution in [2.24, 2.45) is 0 Å². The summed E-state index contributed by atoms with van der Waals surface area (Å²) in [6.07, 6.45) is 3.42. The van der Waals surface area contributed by atoms with Gasteiger partial charge in [0.2, 0.25) is 11.8 Å². The fraction of sp³-hybridized carbons (Fsp3) is 0.478. The van der Waals surface area contributed by atoms with E-state index in [2.05, 4.69) is 38.1 Å². The van der Waals surface area contributed by atoms with Crippen LogP contribution in [0.25, 0.3) is 10.8 Å². The maximum Gasteiger partial charge on any atom is 0.222 e. The van der Waals surface area contributed by atoms with E-state index in [0.717, 1.165) is 31.5 Å². The van der Waals surface area contributed by atoms with Gasteiger partial charge in [0.25, 0.3) is 0 Å². The topological polar surface area (TPSA) is 40.6 Å². The smallest absolute Gasteiger partial charge is 0.222 e. The highest BCUT2D eigenvalue weighted by Gasteiger charge is 2.14. The van der Waals surface area contributed by atoms with Crippen molar-refractivity contribution in [2.45, 2.75) is 52.5 Å². The Balaban J connectivity index is 1.86. The predicted molar refractivity (Wildman–Crippen MR) is 111 cm³/mol. The molecule has 0 bridgehead atoms. The zero-order valence-electron chi connectivity index (χ0n) is 16.9. The molecular weight excluding hydrogens is 336 g/mol. The quantitative estimate of drug-likeness (QED) is 0.614. The van der Waals surface area contributed by atoms with Gasteiger partial charge in [-0.25, -0.2) is 0 Å². The highest BCUT2D eigenvalue weighted by Crippen LogP contribution is 2.20. The van der Waals surface area contributed by atoms with Gasteiger partial charge in [0.15, 0.2) is 0 Å². The molecule has 4 heteroatoms. The van der Waals surface area contributed by atoms with Gasteiger partial charge in [-0.15, -0.1) is 0 Å². The zero-order valence-corrected chi connectivity index (χ0v) is 16.9. The molecule has 0 radical (unpaired) electrons. The van der Waals surface area contributed by atoms with E-state index in [1.54, 1.807) is 4.90 Å². The molecule has 0 spiro atoms. The van der Waals surface area contributed by atoms with Crippen LogP contribution in [0.5, 0.6) is 0 Å². The second-order valence-corrected chi connectivity index (χ2v) is 7.12. The number of fused-ring (bicyclic) bond motifs is 1. The van der Waals surface area contributed by atoms with Crippen molar-refractivity contribution < 1.29 is 9.59 Å². The predicted octanol–water partition coefficient (Wildman–Crippen LogP) is 4.62. The Labute approximate surface area is 163 Å². The Bertz CT molecular complexity index is 746. The van der Waals surface area contributed by atoms with Crippen molar-refractivity contribution in [3.8, 4) is 0 Å². The van der Waals surface area contributed by atoms with E-state index in [1.807, 2.05) is 30.1 Å². The fourth-order valence-corrected chi connectivity index (χ4v) is 3.41. The molecule has 0 unspecified atom stereocenters. The van der Waals surface area contributed by atoms with Crippen molar-refractivity contribution in [1.29, 1.82) is 0 Å². The lowest BCUT2D eigenvalue weighted by Gasteiger charge is -2.22. The SMILES string of the molecule is CCCN(CCC)C(=O)CCCC(=O)N(C)Cc1cccc2ccccc12. The summed E-state index contributed by atoms with van der Waals surface area (Å²) in [5.41, 5.74) is 1.15. The first kappa shape index (κ1) is 20.9. The molecule has 2 aromatic rings. The molecule has 0 aromatic heterocycles. The van der Waals surface area contributed by atoms with Gasteiger partial charge < -0.3 is 9.80 Å². The maximum absolute atomic E-state index is 12.5. The number of carbonyl (C=O) groups excluding carboxylic acids is 2. The normalized spacial score (nSPS) is 10.8. The van der Waals surface area contributed by atoms with Crippen LogP contribution in [0.3, 0.4) is 0 Å². The second kappa shape index (κ2) is 10.7. The molecule has 146 valence electrons. The van der Waals surface area contributed by atoms with Gasteiger partial charge in [0, 0.05) is 39.5 Å². The molecule has 2 rings (SSSR count). The molecule has 0 fully saturated rings. The molecule has 2 amide bonds. The van der Waals surface area contributed by atoms with E-state index >= 15 is 0 Å². The van der Waals surface area contributed by atoms with Crippen LogP contribution in [0.2, 0.25) is 0 Å². The van der Waals surface area contributed by atoms with Crippen LogP contribution < -0.4 is 0 Å². The molecular formula is C23H32N2O2. The number of nitrogens with zero attached hydrogens (tertiary/aromatic N) is 2. The summed E-state index contributed by atoms with van der Waals surface area (Å²) in [6, 6.07) is 14.4. The average Bonchev–Trinajstić information content (AvgIpc) is 2.67. The lowest BCUT2D eigenvalue weighted by atomic mass is 10.0. The Hall–Kier alpha value is -2.36. The van der Waals surface area contributed by atoms with E-state index in [0.29, 0.717) is 25.8 Å². The van der Waals surface area contributed by atoms with Gasteiger partial charge in [-0.3, -0.25) is 9.59 Å². The third kappa shape index (κ3) is 6.09. The molecule has 4 nitrogen and oxygen atoms in total. The van der Waals surface area contributed by atoms with Crippen LogP contribution in [0.15, 0.2) is 42.5 Å². The summed E-state index contributed by atoms with van der Waals surface area (Å²) in [7, 11) is 1.84. The standard InChI is InChI=1S/C23H32N2O2/c1-4-16-25(17-5-2)23(27)15-9-14-22(26)24(3)18-20-12-8-11-19-10-6-7-13-21(19)20/h6-8,10-13H,4-5,9,14-18H2,1-3H3. The first-order chi connectivity index (χ1) is 13.1. The molecule has 0 saturated heterocycles. The average molecular weight is 369 g/mol. The number of amides is 2. The Kier molecular flexibility index (Phi) is 8.31. The molecule has 0 aliphatic carbocycles. The summed E-state index contributed by atoms with van der Waals surface area (Å²) >= 11 is 0. The van der Waals surface area contributed by atoms with Gasteiger partial charge in [-0.05, 0) is 35.6 Å². The van der Waals surface area contributed by atoms with Gasteiger partial charge >= 0.3 is 0 Å². The highest BCUT2D eigenvalue weighted by molar-refractivity contribution is 5.86. The molecule has 0 atom stereocenters. The largest absolute Gasteiger partial charge is 0.343 e. The van der Waals surface area contributed by atoms with Gasteiger partial charge in [-0.2, -0.15) is 0 Å². The molecule has 0 heterocycles. The number of hydrogen-bond donors (Lipinski definition) is 0. The molecule has 0 saturated carbocycles. The highest BCUT2D eigenvalue weighted by atomic mass is 16.2. The molecule has 2 aromatic carbocycles. The van der Waals surface area contributed by atoms with Crippen LogP contribution in [-0.4, -0.2) is 41.8 Å². The van der Waals surface area contributed by atoms with Crippen LogP contribution in [0.1, 0.15) is 51.5 Å². The first-order valence-corrected chi connectivity index (χ1v) is 10.0. The minimum absolute atomic E-state index is 0.0910. The summed E-state index contributed by atoms with van der Waals surface area (Å²) in [4.78, 5) is 28.5. The second-order valence-electron chi connectivity index (χ2n) is 7.12. The maximum atomic E-state index is 12.5. The minimum Gasteiger partial charge on any atom is -0.343 e. The van der Waals surface area contributed by atoms with E-state index in [-0.39, 0.29) is 11.8 Å². The van der Waals surface area contributed by atoms with Crippen molar-refractivity contribution in [3.05, 3.63) is 48.0 Å².